The van der Waals surface area contributed by atoms with Crippen LogP contribution in [0, 0.1) is 6.92 Å². The van der Waals surface area contributed by atoms with E-state index in [2.05, 4.69) is 43.3 Å². The Morgan fingerprint density at radius 3 is 2.86 bits per heavy atom. The number of rotatable bonds is 8. The van der Waals surface area contributed by atoms with E-state index in [-0.39, 0.29) is 23.8 Å². The average Bonchev–Trinajstić information content (AvgIpc) is 3.39. The summed E-state index contributed by atoms with van der Waals surface area (Å²) in [6, 6.07) is 1.08. The molecule has 10 heteroatoms. The number of H-pyrrole nitrogens is 1. The van der Waals surface area contributed by atoms with Gasteiger partial charge in [-0.25, -0.2) is 0 Å². The maximum absolute atomic E-state index is 13.0. The highest BCUT2D eigenvalue weighted by molar-refractivity contribution is 5.96. The molecule has 0 aromatic carbocycles. The predicted molar refractivity (Wildman–Crippen MR) is 101 cm³/mol. The van der Waals surface area contributed by atoms with Crippen LogP contribution in [0.3, 0.4) is 0 Å². The van der Waals surface area contributed by atoms with Gasteiger partial charge in [-0.1, -0.05) is 31.4 Å². The molecule has 0 radical (unpaired) electrons. The largest absolute Gasteiger partial charge is 0.351 e. The summed E-state index contributed by atoms with van der Waals surface area (Å²) in [4.78, 5) is 25.6. The Bertz CT molecular complexity index is 801. The second kappa shape index (κ2) is 8.94. The van der Waals surface area contributed by atoms with Gasteiger partial charge < -0.3 is 10.6 Å². The van der Waals surface area contributed by atoms with Crippen molar-refractivity contribution < 1.29 is 9.59 Å². The van der Waals surface area contributed by atoms with Crippen LogP contribution < -0.4 is 10.6 Å². The fraction of sp³-hybridized carbons (Fsp3) is 0.667. The first-order valence-electron chi connectivity index (χ1n) is 9.84. The van der Waals surface area contributed by atoms with Gasteiger partial charge in [0.15, 0.2) is 5.82 Å². The number of nitrogens with zero attached hydrogens (tertiary/aromatic N) is 5. The molecule has 3 rings (SSSR count). The van der Waals surface area contributed by atoms with Crippen LogP contribution in [0.25, 0.3) is 0 Å². The standard InChI is InChI=1S/C18H28N8O2/c1-4-5-8-14(20-18(28)15-10-11(2)23-26(15)3)17(27)19-13-9-6-7-12(13)16-21-24-25-22-16/h10,12-14H,4-9H2,1-3H3,(H,19,27)(H,20,28)(H,21,22,24,25)/t12-,13+,14+/m1/s1. The van der Waals surface area contributed by atoms with E-state index in [0.717, 1.165) is 37.8 Å². The smallest absolute Gasteiger partial charge is 0.270 e. The van der Waals surface area contributed by atoms with Gasteiger partial charge in [-0.3, -0.25) is 14.3 Å². The van der Waals surface area contributed by atoms with Crippen LogP contribution in [0.2, 0.25) is 0 Å². The van der Waals surface area contributed by atoms with E-state index in [1.54, 1.807) is 13.1 Å². The highest BCUT2D eigenvalue weighted by atomic mass is 16.2. The van der Waals surface area contributed by atoms with Gasteiger partial charge in [0.25, 0.3) is 5.91 Å². The number of carbonyl (C=O) groups is 2. The van der Waals surface area contributed by atoms with Gasteiger partial charge in [0.2, 0.25) is 5.91 Å². The van der Waals surface area contributed by atoms with Gasteiger partial charge in [0.05, 0.1) is 5.69 Å². The summed E-state index contributed by atoms with van der Waals surface area (Å²) in [5, 5.41) is 24.4. The molecule has 2 heterocycles. The molecule has 152 valence electrons. The normalized spacial score (nSPS) is 20.1. The molecule has 0 saturated heterocycles. The zero-order chi connectivity index (χ0) is 20.1. The third kappa shape index (κ3) is 4.55. The molecule has 2 aromatic rings. The summed E-state index contributed by atoms with van der Waals surface area (Å²) in [5.41, 5.74) is 1.20. The second-order valence-electron chi connectivity index (χ2n) is 7.39. The Hall–Kier alpha value is -2.78. The molecule has 3 atom stereocenters. The lowest BCUT2D eigenvalue weighted by atomic mass is 10.0. The van der Waals surface area contributed by atoms with Crippen LogP contribution in [-0.4, -0.2) is 54.3 Å². The van der Waals surface area contributed by atoms with E-state index in [1.165, 1.54) is 4.68 Å². The number of nitrogens with one attached hydrogen (secondary N) is 3. The number of aromatic nitrogens is 6. The zero-order valence-corrected chi connectivity index (χ0v) is 16.6. The van der Waals surface area contributed by atoms with Crippen molar-refractivity contribution >= 4 is 11.8 Å². The van der Waals surface area contributed by atoms with Gasteiger partial charge in [0.1, 0.15) is 11.7 Å². The fourth-order valence-corrected chi connectivity index (χ4v) is 3.78. The van der Waals surface area contributed by atoms with Crippen LogP contribution in [0.4, 0.5) is 0 Å². The van der Waals surface area contributed by atoms with Gasteiger partial charge in [-0.15, -0.1) is 10.2 Å². The first kappa shape index (κ1) is 20.0. The third-order valence-electron chi connectivity index (χ3n) is 5.24. The van der Waals surface area contributed by atoms with Crippen molar-refractivity contribution in [2.75, 3.05) is 0 Å². The highest BCUT2D eigenvalue weighted by Crippen LogP contribution is 2.32. The van der Waals surface area contributed by atoms with E-state index in [9.17, 15) is 9.59 Å². The maximum atomic E-state index is 13.0. The average molecular weight is 388 g/mol. The molecule has 1 aliphatic carbocycles. The van der Waals surface area contributed by atoms with E-state index < -0.39 is 6.04 Å². The summed E-state index contributed by atoms with van der Waals surface area (Å²) < 4.78 is 1.53. The van der Waals surface area contributed by atoms with Crippen molar-refractivity contribution in [3.63, 3.8) is 0 Å². The molecular formula is C18H28N8O2. The lowest BCUT2D eigenvalue weighted by molar-refractivity contribution is -0.124. The van der Waals surface area contributed by atoms with Crippen LogP contribution in [0.1, 0.15) is 73.4 Å². The summed E-state index contributed by atoms with van der Waals surface area (Å²) in [5.74, 6) is 0.217. The molecule has 1 aliphatic rings. The number of unbranched alkanes of at least 4 members (excludes halogenated alkanes) is 1. The van der Waals surface area contributed by atoms with E-state index >= 15 is 0 Å². The maximum Gasteiger partial charge on any atom is 0.270 e. The summed E-state index contributed by atoms with van der Waals surface area (Å²) >= 11 is 0. The number of aryl methyl sites for hydroxylation is 2. The minimum Gasteiger partial charge on any atom is -0.351 e. The van der Waals surface area contributed by atoms with Crippen molar-refractivity contribution in [2.24, 2.45) is 7.05 Å². The fourth-order valence-electron chi connectivity index (χ4n) is 3.78. The molecule has 3 N–H and O–H groups in total. The van der Waals surface area contributed by atoms with Crippen molar-refractivity contribution in [1.29, 1.82) is 0 Å². The monoisotopic (exact) mass is 388 g/mol. The number of hydrogen-bond donors (Lipinski definition) is 3. The summed E-state index contributed by atoms with van der Waals surface area (Å²) in [6.07, 6.45) is 5.14. The number of amides is 2. The van der Waals surface area contributed by atoms with Crippen molar-refractivity contribution in [3.8, 4) is 0 Å². The molecule has 0 unspecified atom stereocenters. The Labute approximate surface area is 163 Å². The Kier molecular flexibility index (Phi) is 6.37. The first-order chi connectivity index (χ1) is 13.5. The quantitative estimate of drug-likeness (QED) is 0.618. The van der Waals surface area contributed by atoms with E-state index in [0.29, 0.717) is 17.9 Å². The van der Waals surface area contributed by atoms with E-state index in [4.69, 9.17) is 0 Å². The molecule has 0 aliphatic heterocycles. The lowest BCUT2D eigenvalue weighted by Crippen LogP contribution is -2.50. The predicted octanol–water partition coefficient (Wildman–Crippen LogP) is 0.983. The highest BCUT2D eigenvalue weighted by Gasteiger charge is 2.34. The summed E-state index contributed by atoms with van der Waals surface area (Å²) in [6.45, 7) is 3.89. The van der Waals surface area contributed by atoms with Crippen LogP contribution in [0.5, 0.6) is 0 Å². The lowest BCUT2D eigenvalue weighted by Gasteiger charge is -2.23. The van der Waals surface area contributed by atoms with Crippen molar-refractivity contribution in [2.45, 2.75) is 70.4 Å². The Morgan fingerprint density at radius 2 is 2.21 bits per heavy atom. The zero-order valence-electron chi connectivity index (χ0n) is 16.6. The number of carbonyl (C=O) groups excluding carboxylic acids is 2. The van der Waals surface area contributed by atoms with Crippen molar-refractivity contribution in [1.82, 2.24) is 41.0 Å². The number of tetrazole rings is 1. The van der Waals surface area contributed by atoms with Crippen LogP contribution in [0.15, 0.2) is 6.07 Å². The van der Waals surface area contributed by atoms with E-state index in [1.807, 2.05) is 6.92 Å². The molecule has 10 nitrogen and oxygen atoms in total. The molecule has 2 aromatic heterocycles. The van der Waals surface area contributed by atoms with Gasteiger partial charge in [-0.2, -0.15) is 10.3 Å². The third-order valence-corrected chi connectivity index (χ3v) is 5.24. The van der Waals surface area contributed by atoms with Crippen LogP contribution >= 0.6 is 0 Å². The topological polar surface area (TPSA) is 130 Å². The molecular weight excluding hydrogens is 360 g/mol. The molecule has 28 heavy (non-hydrogen) atoms. The Balaban J connectivity index is 1.67. The number of hydrogen-bond acceptors (Lipinski definition) is 6. The molecule has 0 spiro atoms. The molecule has 0 bridgehead atoms. The van der Waals surface area contributed by atoms with Gasteiger partial charge >= 0.3 is 0 Å². The minimum absolute atomic E-state index is 0.0463. The van der Waals surface area contributed by atoms with Crippen LogP contribution in [-0.2, 0) is 11.8 Å². The number of aromatic amines is 1. The molecule has 1 fully saturated rings. The summed E-state index contributed by atoms with van der Waals surface area (Å²) in [7, 11) is 1.72. The first-order valence-corrected chi connectivity index (χ1v) is 9.84. The van der Waals surface area contributed by atoms with Gasteiger partial charge in [-0.05, 0) is 32.3 Å². The molecule has 1 saturated carbocycles. The minimum atomic E-state index is -0.589. The Morgan fingerprint density at radius 1 is 1.39 bits per heavy atom. The second-order valence-corrected chi connectivity index (χ2v) is 7.39. The van der Waals surface area contributed by atoms with Gasteiger partial charge in [0, 0.05) is 19.0 Å². The SMILES string of the molecule is CCCC[C@H](NC(=O)c1cc(C)nn1C)C(=O)N[C@H]1CCC[C@H]1c1nn[nH]n1. The van der Waals surface area contributed by atoms with Crippen molar-refractivity contribution in [3.05, 3.63) is 23.3 Å². The molecule has 2 amide bonds.